The van der Waals surface area contributed by atoms with E-state index in [0.29, 0.717) is 13.1 Å². The van der Waals surface area contributed by atoms with E-state index in [1.165, 1.54) is 0 Å². The summed E-state index contributed by atoms with van der Waals surface area (Å²) < 4.78 is 0. The number of carbonyl (C=O) groups is 1. The zero-order valence-corrected chi connectivity index (χ0v) is 8.07. The lowest BCUT2D eigenvalue weighted by Gasteiger charge is -2.02. The zero-order valence-electron chi connectivity index (χ0n) is 8.07. The van der Waals surface area contributed by atoms with Crippen molar-refractivity contribution in [3.63, 3.8) is 0 Å². The highest BCUT2D eigenvalue weighted by atomic mass is 16.3. The van der Waals surface area contributed by atoms with Gasteiger partial charge in [0.1, 0.15) is 5.78 Å². The predicted octanol–water partition coefficient (Wildman–Crippen LogP) is 0.728. The molecule has 0 bridgehead atoms. The van der Waals surface area contributed by atoms with Crippen molar-refractivity contribution in [1.82, 2.24) is 5.32 Å². The smallest absolute Gasteiger partial charge is 0.148 e. The van der Waals surface area contributed by atoms with Crippen LogP contribution in [0, 0.1) is 0 Å². The van der Waals surface area contributed by atoms with Crippen molar-refractivity contribution in [3.05, 3.63) is 35.9 Å². The minimum Gasteiger partial charge on any atom is -0.396 e. The first kappa shape index (κ1) is 10.9. The Hall–Kier alpha value is -1.19. The van der Waals surface area contributed by atoms with Gasteiger partial charge in [-0.25, -0.2) is 0 Å². The van der Waals surface area contributed by atoms with E-state index in [2.05, 4.69) is 5.32 Å². The number of ketones is 1. The number of hydrogen-bond donors (Lipinski definition) is 2. The van der Waals surface area contributed by atoms with Gasteiger partial charge in [-0.15, -0.1) is 0 Å². The maximum Gasteiger partial charge on any atom is 0.148 e. The Labute approximate surface area is 83.8 Å². The van der Waals surface area contributed by atoms with Crippen molar-refractivity contribution in [2.75, 3.05) is 13.2 Å². The molecule has 0 amide bonds. The number of nitrogens with one attached hydrogen (secondary N) is 1. The van der Waals surface area contributed by atoms with E-state index in [4.69, 9.17) is 5.11 Å². The third-order valence-corrected chi connectivity index (χ3v) is 1.88. The molecular formula is C11H15NO2. The Bertz CT molecular complexity index is 272. The highest BCUT2D eigenvalue weighted by Crippen LogP contribution is 1.96. The first-order chi connectivity index (χ1) is 6.83. The van der Waals surface area contributed by atoms with E-state index in [-0.39, 0.29) is 18.8 Å². The van der Waals surface area contributed by atoms with Gasteiger partial charge in [0.2, 0.25) is 0 Å². The van der Waals surface area contributed by atoms with Gasteiger partial charge in [0.05, 0.1) is 13.2 Å². The summed E-state index contributed by atoms with van der Waals surface area (Å²) in [4.78, 5) is 11.0. The molecule has 1 aromatic rings. The van der Waals surface area contributed by atoms with Gasteiger partial charge in [-0.1, -0.05) is 30.3 Å². The van der Waals surface area contributed by atoms with Crippen LogP contribution in [0.25, 0.3) is 0 Å². The minimum atomic E-state index is -0.0636. The van der Waals surface area contributed by atoms with Crippen molar-refractivity contribution in [2.45, 2.75) is 13.0 Å². The quantitative estimate of drug-likeness (QED) is 0.700. The van der Waals surface area contributed by atoms with Crippen molar-refractivity contribution in [2.24, 2.45) is 0 Å². The molecule has 14 heavy (non-hydrogen) atoms. The van der Waals surface area contributed by atoms with Gasteiger partial charge in [-0.3, -0.25) is 4.79 Å². The largest absolute Gasteiger partial charge is 0.396 e. The Balaban J connectivity index is 2.19. The molecule has 0 aliphatic carbocycles. The highest BCUT2D eigenvalue weighted by Gasteiger charge is 1.99. The van der Waals surface area contributed by atoms with Gasteiger partial charge in [-0.05, 0) is 5.56 Å². The molecule has 0 saturated heterocycles. The molecule has 0 unspecified atom stereocenters. The zero-order chi connectivity index (χ0) is 10.2. The molecule has 0 aromatic heterocycles. The summed E-state index contributed by atoms with van der Waals surface area (Å²) in [6.07, 6.45) is 0.238. The number of benzene rings is 1. The fourth-order valence-electron chi connectivity index (χ4n) is 1.16. The second-order valence-corrected chi connectivity index (χ2v) is 3.10. The molecule has 0 aliphatic heterocycles. The van der Waals surface area contributed by atoms with Crippen LogP contribution in [0.2, 0.25) is 0 Å². The Morgan fingerprint density at radius 2 is 2.00 bits per heavy atom. The number of carbonyl (C=O) groups excluding carboxylic acids is 1. The molecule has 0 spiro atoms. The fourth-order valence-corrected chi connectivity index (χ4v) is 1.16. The monoisotopic (exact) mass is 193 g/mol. The SMILES string of the molecule is O=C(CCO)CNCc1ccccc1. The molecule has 0 aliphatic rings. The van der Waals surface area contributed by atoms with E-state index < -0.39 is 0 Å². The normalized spacial score (nSPS) is 10.1. The van der Waals surface area contributed by atoms with Crippen molar-refractivity contribution < 1.29 is 9.90 Å². The van der Waals surface area contributed by atoms with Gasteiger partial charge in [0.15, 0.2) is 0 Å². The van der Waals surface area contributed by atoms with Gasteiger partial charge in [0.25, 0.3) is 0 Å². The summed E-state index contributed by atoms with van der Waals surface area (Å²) in [5.41, 5.74) is 1.16. The molecule has 0 atom stereocenters. The Morgan fingerprint density at radius 3 is 2.64 bits per heavy atom. The molecule has 1 aromatic carbocycles. The van der Waals surface area contributed by atoms with Gasteiger partial charge in [0, 0.05) is 13.0 Å². The lowest BCUT2D eigenvalue weighted by molar-refractivity contribution is -0.118. The summed E-state index contributed by atoms with van der Waals surface area (Å²) >= 11 is 0. The molecule has 0 heterocycles. The molecule has 0 saturated carbocycles. The van der Waals surface area contributed by atoms with E-state index in [0.717, 1.165) is 5.56 Å². The maximum absolute atomic E-state index is 11.0. The predicted molar refractivity (Wildman–Crippen MR) is 54.9 cm³/mol. The van der Waals surface area contributed by atoms with Gasteiger partial charge < -0.3 is 10.4 Å². The van der Waals surface area contributed by atoms with Crippen molar-refractivity contribution in [1.29, 1.82) is 0 Å². The molecule has 0 fully saturated rings. The van der Waals surface area contributed by atoms with Crippen LogP contribution in [0.3, 0.4) is 0 Å². The highest BCUT2D eigenvalue weighted by molar-refractivity contribution is 5.80. The van der Waals surface area contributed by atoms with Crippen molar-refractivity contribution in [3.8, 4) is 0 Å². The van der Waals surface area contributed by atoms with Crippen LogP contribution < -0.4 is 5.32 Å². The van der Waals surface area contributed by atoms with Crippen LogP contribution in [0.4, 0.5) is 0 Å². The first-order valence-electron chi connectivity index (χ1n) is 4.70. The van der Waals surface area contributed by atoms with E-state index in [1.54, 1.807) is 0 Å². The molecule has 1 rings (SSSR count). The summed E-state index contributed by atoms with van der Waals surface area (Å²) in [5, 5.41) is 11.5. The molecule has 3 nitrogen and oxygen atoms in total. The molecule has 76 valence electrons. The molecule has 0 radical (unpaired) electrons. The van der Waals surface area contributed by atoms with E-state index in [1.807, 2.05) is 30.3 Å². The number of aliphatic hydroxyl groups excluding tert-OH is 1. The third kappa shape index (κ3) is 4.16. The van der Waals surface area contributed by atoms with Gasteiger partial charge in [-0.2, -0.15) is 0 Å². The Kier molecular flexibility index (Phi) is 4.89. The second kappa shape index (κ2) is 6.29. The summed E-state index contributed by atoms with van der Waals surface area (Å²) in [7, 11) is 0. The number of aliphatic hydroxyl groups is 1. The van der Waals surface area contributed by atoms with Gasteiger partial charge >= 0.3 is 0 Å². The van der Waals surface area contributed by atoms with Crippen LogP contribution in [0.1, 0.15) is 12.0 Å². The van der Waals surface area contributed by atoms with Crippen LogP contribution >= 0.6 is 0 Å². The number of rotatable bonds is 6. The lowest BCUT2D eigenvalue weighted by Crippen LogP contribution is -2.22. The topological polar surface area (TPSA) is 49.3 Å². The third-order valence-electron chi connectivity index (χ3n) is 1.88. The van der Waals surface area contributed by atoms with E-state index in [9.17, 15) is 4.79 Å². The molecular weight excluding hydrogens is 178 g/mol. The summed E-state index contributed by atoms with van der Waals surface area (Å²) in [6.45, 7) is 0.958. The molecule has 3 heteroatoms. The number of hydrogen-bond acceptors (Lipinski definition) is 3. The Morgan fingerprint density at radius 1 is 1.29 bits per heavy atom. The summed E-state index contributed by atoms with van der Waals surface area (Å²) in [5.74, 6) is 0.0448. The first-order valence-corrected chi connectivity index (χ1v) is 4.70. The average molecular weight is 193 g/mol. The maximum atomic E-state index is 11.0. The van der Waals surface area contributed by atoms with Crippen LogP contribution in [0.15, 0.2) is 30.3 Å². The number of Topliss-reactive ketones (excluding diaryl/α,β-unsaturated/α-hetero) is 1. The minimum absolute atomic E-state index is 0.0448. The van der Waals surface area contributed by atoms with Crippen LogP contribution in [-0.2, 0) is 11.3 Å². The van der Waals surface area contributed by atoms with E-state index >= 15 is 0 Å². The average Bonchev–Trinajstić information content (AvgIpc) is 2.20. The molecule has 2 N–H and O–H groups in total. The van der Waals surface area contributed by atoms with Crippen LogP contribution in [0.5, 0.6) is 0 Å². The van der Waals surface area contributed by atoms with Crippen LogP contribution in [-0.4, -0.2) is 24.0 Å². The lowest BCUT2D eigenvalue weighted by atomic mass is 10.2. The fraction of sp³-hybridized carbons (Fsp3) is 0.364. The summed E-state index contributed by atoms with van der Waals surface area (Å²) in [6, 6.07) is 9.90. The second-order valence-electron chi connectivity index (χ2n) is 3.10. The van der Waals surface area contributed by atoms with Crippen molar-refractivity contribution >= 4 is 5.78 Å². The standard InChI is InChI=1S/C11H15NO2/c13-7-6-11(14)9-12-8-10-4-2-1-3-5-10/h1-5,12-13H,6-9H2.